The molecule has 0 radical (unpaired) electrons. The van der Waals surface area contributed by atoms with Crippen molar-refractivity contribution in [1.29, 1.82) is 0 Å². The van der Waals surface area contributed by atoms with Crippen molar-refractivity contribution in [3.63, 3.8) is 0 Å². The molecule has 0 unspecified atom stereocenters. The third-order valence-corrected chi connectivity index (χ3v) is 5.42. The summed E-state index contributed by atoms with van der Waals surface area (Å²) in [5.41, 5.74) is 4.94. The number of aromatic nitrogens is 6. The van der Waals surface area contributed by atoms with Crippen molar-refractivity contribution in [1.82, 2.24) is 29.8 Å². The normalized spacial score (nSPS) is 10.8. The Morgan fingerprint density at radius 1 is 1.10 bits per heavy atom. The third-order valence-electron chi connectivity index (χ3n) is 4.45. The quantitative estimate of drug-likeness (QED) is 0.496. The summed E-state index contributed by atoms with van der Waals surface area (Å²) in [5, 5.41) is 14.8. The van der Waals surface area contributed by atoms with Gasteiger partial charge in [0.15, 0.2) is 5.16 Å². The number of benzene rings is 2. The van der Waals surface area contributed by atoms with E-state index in [1.165, 1.54) is 33.9 Å². The Morgan fingerprint density at radius 3 is 2.79 bits per heavy atom. The fourth-order valence-electron chi connectivity index (χ4n) is 2.80. The number of anilines is 1. The molecule has 4 aromatic rings. The summed E-state index contributed by atoms with van der Waals surface area (Å²) in [6.45, 7) is 4.17. The third kappa shape index (κ3) is 4.35. The predicted octanol–water partition coefficient (Wildman–Crippen LogP) is 3.20. The molecule has 1 N–H and O–H groups in total. The number of rotatable bonds is 6. The lowest BCUT2D eigenvalue weighted by atomic mass is 10.1. The number of carbonyl (C=O) groups is 1. The Kier molecular flexibility index (Phi) is 5.39. The predicted molar refractivity (Wildman–Crippen MR) is 112 cm³/mol. The van der Waals surface area contributed by atoms with Crippen LogP contribution in [-0.2, 0) is 4.79 Å². The van der Waals surface area contributed by atoms with Crippen LogP contribution in [-0.4, -0.2) is 41.4 Å². The highest BCUT2D eigenvalue weighted by molar-refractivity contribution is 7.99. The molecule has 2 aromatic carbocycles. The fraction of sp³-hybridized carbons (Fsp3) is 0.150. The zero-order valence-corrected chi connectivity index (χ0v) is 16.8. The van der Waals surface area contributed by atoms with Crippen molar-refractivity contribution in [2.24, 2.45) is 0 Å². The van der Waals surface area contributed by atoms with Crippen LogP contribution in [0.15, 0.2) is 66.3 Å². The van der Waals surface area contributed by atoms with Crippen molar-refractivity contribution in [2.75, 3.05) is 11.1 Å². The first kappa shape index (κ1) is 18.9. The van der Waals surface area contributed by atoms with Gasteiger partial charge in [-0.15, -0.1) is 5.10 Å². The number of hydrogen-bond donors (Lipinski definition) is 1. The van der Waals surface area contributed by atoms with Gasteiger partial charge in [0.2, 0.25) is 5.91 Å². The topological polar surface area (TPSA) is 90.5 Å². The molecule has 146 valence electrons. The van der Waals surface area contributed by atoms with E-state index in [0.717, 1.165) is 16.5 Å². The summed E-state index contributed by atoms with van der Waals surface area (Å²) in [6.07, 6.45) is 5.15. The maximum Gasteiger partial charge on any atom is 0.234 e. The number of thioether (sulfide) groups is 1. The summed E-state index contributed by atoms with van der Waals surface area (Å²) in [4.78, 5) is 16.8. The van der Waals surface area contributed by atoms with Gasteiger partial charge in [-0.25, -0.2) is 9.67 Å². The van der Waals surface area contributed by atoms with Gasteiger partial charge in [0.1, 0.15) is 6.33 Å². The van der Waals surface area contributed by atoms with Gasteiger partial charge in [-0.1, -0.05) is 23.9 Å². The molecule has 0 saturated heterocycles. The molecule has 4 rings (SSSR count). The number of nitrogens with zero attached hydrogens (tertiary/aromatic N) is 6. The molecule has 0 aliphatic carbocycles. The van der Waals surface area contributed by atoms with Gasteiger partial charge in [0.25, 0.3) is 0 Å². The molecule has 0 saturated carbocycles. The Labute approximate surface area is 172 Å². The maximum atomic E-state index is 12.4. The zero-order valence-electron chi connectivity index (χ0n) is 16.0. The number of imidazole rings is 1. The van der Waals surface area contributed by atoms with Gasteiger partial charge in [0, 0.05) is 23.8 Å². The summed E-state index contributed by atoms with van der Waals surface area (Å²) in [6, 6.07) is 13.6. The molecule has 0 bridgehead atoms. The highest BCUT2D eigenvalue weighted by atomic mass is 32.2. The van der Waals surface area contributed by atoms with E-state index >= 15 is 0 Å². The monoisotopic (exact) mass is 405 g/mol. The van der Waals surface area contributed by atoms with Gasteiger partial charge in [-0.3, -0.25) is 9.36 Å². The maximum absolute atomic E-state index is 12.4. The second-order valence-electron chi connectivity index (χ2n) is 6.49. The first-order valence-corrected chi connectivity index (χ1v) is 9.96. The van der Waals surface area contributed by atoms with E-state index in [9.17, 15) is 4.79 Å². The second-order valence-corrected chi connectivity index (χ2v) is 7.43. The Bertz CT molecular complexity index is 1140. The smallest absolute Gasteiger partial charge is 0.234 e. The summed E-state index contributed by atoms with van der Waals surface area (Å²) >= 11 is 1.39. The highest BCUT2D eigenvalue weighted by Crippen LogP contribution is 2.22. The zero-order chi connectivity index (χ0) is 20.2. The largest absolute Gasteiger partial charge is 0.325 e. The second kappa shape index (κ2) is 8.27. The van der Waals surface area contributed by atoms with E-state index in [1.54, 1.807) is 6.20 Å². The average Bonchev–Trinajstić information content (AvgIpc) is 3.41. The number of tetrazole rings is 1. The number of carbonyl (C=O) groups excluding carboxylic acids is 1. The molecule has 0 spiro atoms. The van der Waals surface area contributed by atoms with Crippen molar-refractivity contribution < 1.29 is 4.79 Å². The Hall–Kier alpha value is -3.46. The molecule has 1 amide bonds. The van der Waals surface area contributed by atoms with Crippen molar-refractivity contribution in [2.45, 2.75) is 19.0 Å². The van der Waals surface area contributed by atoms with Crippen LogP contribution in [0.1, 0.15) is 11.1 Å². The standard InChI is InChI=1S/C20H19N7OS/c1-14-6-7-17(10-15(14)2)26-9-8-21-20(26)29-12-19(28)23-16-4-3-5-18(11-16)27-13-22-24-25-27/h3-11,13H,12H2,1-2H3,(H,23,28). The van der Waals surface area contributed by atoms with E-state index in [2.05, 4.69) is 57.9 Å². The van der Waals surface area contributed by atoms with Crippen LogP contribution in [0.4, 0.5) is 5.69 Å². The number of amides is 1. The molecule has 2 aromatic heterocycles. The van der Waals surface area contributed by atoms with Crippen molar-refractivity contribution >= 4 is 23.4 Å². The van der Waals surface area contributed by atoms with Crippen LogP contribution >= 0.6 is 11.8 Å². The number of nitrogens with one attached hydrogen (secondary N) is 1. The Balaban J connectivity index is 1.42. The first-order chi connectivity index (χ1) is 14.1. The van der Waals surface area contributed by atoms with Crippen LogP contribution in [0.3, 0.4) is 0 Å². The highest BCUT2D eigenvalue weighted by Gasteiger charge is 2.10. The lowest BCUT2D eigenvalue weighted by Gasteiger charge is -2.10. The van der Waals surface area contributed by atoms with E-state index in [-0.39, 0.29) is 11.7 Å². The van der Waals surface area contributed by atoms with Crippen LogP contribution in [0.2, 0.25) is 0 Å². The molecular formula is C20H19N7OS. The van der Waals surface area contributed by atoms with E-state index in [0.29, 0.717) is 5.69 Å². The summed E-state index contributed by atoms with van der Waals surface area (Å²) < 4.78 is 3.52. The molecule has 2 heterocycles. The SMILES string of the molecule is Cc1ccc(-n2ccnc2SCC(=O)Nc2cccc(-n3cnnn3)c2)cc1C. The van der Waals surface area contributed by atoms with Crippen LogP contribution in [0.5, 0.6) is 0 Å². The van der Waals surface area contributed by atoms with Crippen LogP contribution < -0.4 is 5.32 Å². The van der Waals surface area contributed by atoms with E-state index < -0.39 is 0 Å². The molecule has 0 aliphatic rings. The van der Waals surface area contributed by atoms with Crippen LogP contribution in [0.25, 0.3) is 11.4 Å². The minimum Gasteiger partial charge on any atom is -0.325 e. The molecule has 0 aliphatic heterocycles. The number of hydrogen-bond acceptors (Lipinski definition) is 6. The van der Waals surface area contributed by atoms with Gasteiger partial charge in [-0.05, 0) is 65.7 Å². The lowest BCUT2D eigenvalue weighted by molar-refractivity contribution is -0.113. The summed E-state index contributed by atoms with van der Waals surface area (Å²) in [7, 11) is 0. The molecule has 8 nitrogen and oxygen atoms in total. The minimum atomic E-state index is -0.112. The first-order valence-electron chi connectivity index (χ1n) is 8.97. The van der Waals surface area contributed by atoms with Gasteiger partial charge in [0.05, 0.1) is 11.4 Å². The van der Waals surface area contributed by atoms with Crippen LogP contribution in [0, 0.1) is 13.8 Å². The Morgan fingerprint density at radius 2 is 2.00 bits per heavy atom. The van der Waals surface area contributed by atoms with Gasteiger partial charge in [-0.2, -0.15) is 0 Å². The van der Waals surface area contributed by atoms with Crippen molar-refractivity contribution in [3.8, 4) is 11.4 Å². The average molecular weight is 405 g/mol. The minimum absolute atomic E-state index is 0.112. The molecule has 0 atom stereocenters. The van der Waals surface area contributed by atoms with Gasteiger partial charge < -0.3 is 5.32 Å². The number of aryl methyl sites for hydroxylation is 2. The van der Waals surface area contributed by atoms with Gasteiger partial charge >= 0.3 is 0 Å². The molecule has 9 heteroatoms. The molecule has 0 fully saturated rings. The summed E-state index contributed by atoms with van der Waals surface area (Å²) in [5.74, 6) is 0.134. The fourth-order valence-corrected chi connectivity index (χ4v) is 3.57. The van der Waals surface area contributed by atoms with E-state index in [1.807, 2.05) is 35.0 Å². The van der Waals surface area contributed by atoms with E-state index in [4.69, 9.17) is 0 Å². The lowest BCUT2D eigenvalue weighted by Crippen LogP contribution is -2.14. The van der Waals surface area contributed by atoms with Crippen molar-refractivity contribution in [3.05, 3.63) is 72.3 Å². The molecule has 29 heavy (non-hydrogen) atoms. The molecular weight excluding hydrogens is 386 g/mol.